The van der Waals surface area contributed by atoms with E-state index in [2.05, 4.69) is 11.8 Å². The van der Waals surface area contributed by atoms with Crippen molar-refractivity contribution >= 4 is 0 Å². The van der Waals surface area contributed by atoms with Crippen LogP contribution in [0.15, 0.2) is 24.3 Å². The van der Waals surface area contributed by atoms with Crippen molar-refractivity contribution in [2.24, 2.45) is 0 Å². The number of halogens is 3. The highest BCUT2D eigenvalue weighted by Crippen LogP contribution is 2.32. The van der Waals surface area contributed by atoms with Gasteiger partial charge in [0.15, 0.2) is 0 Å². The standard InChI is InChI=1S/C15H17F3O2/c16-15(17,18)14-9-5-4-8-13(14)12-20-11-7-3-1-2-6-10-19/h4-5,8-9,19H,1,3,7,10-12H2. The van der Waals surface area contributed by atoms with Crippen molar-refractivity contribution in [3.8, 4) is 11.8 Å². The number of hydrogen-bond donors (Lipinski definition) is 1. The Kier molecular flexibility index (Phi) is 7.13. The minimum absolute atomic E-state index is 0.0436. The highest BCUT2D eigenvalue weighted by Gasteiger charge is 2.32. The lowest BCUT2D eigenvalue weighted by Gasteiger charge is -2.12. The molecule has 110 valence electrons. The third-order valence-corrected chi connectivity index (χ3v) is 2.62. The molecule has 1 N–H and O–H groups in total. The molecule has 1 rings (SSSR count). The Balaban J connectivity index is 2.32. The summed E-state index contributed by atoms with van der Waals surface area (Å²) in [7, 11) is 0. The molecule has 5 heteroatoms. The Morgan fingerprint density at radius 3 is 2.55 bits per heavy atom. The van der Waals surface area contributed by atoms with Crippen LogP contribution in [0.1, 0.15) is 30.4 Å². The van der Waals surface area contributed by atoms with Gasteiger partial charge in [0.2, 0.25) is 0 Å². The van der Waals surface area contributed by atoms with E-state index >= 15 is 0 Å². The van der Waals surface area contributed by atoms with Gasteiger partial charge >= 0.3 is 6.18 Å². The van der Waals surface area contributed by atoms with E-state index in [1.165, 1.54) is 12.1 Å². The van der Waals surface area contributed by atoms with Gasteiger partial charge in [-0.25, -0.2) is 0 Å². The van der Waals surface area contributed by atoms with Crippen LogP contribution in [-0.2, 0) is 17.5 Å². The maximum absolute atomic E-state index is 12.7. The quantitative estimate of drug-likeness (QED) is 0.641. The lowest BCUT2D eigenvalue weighted by molar-refractivity contribution is -0.138. The van der Waals surface area contributed by atoms with Crippen LogP contribution in [0, 0.1) is 11.8 Å². The van der Waals surface area contributed by atoms with Crippen molar-refractivity contribution in [3.05, 3.63) is 35.4 Å². The van der Waals surface area contributed by atoms with Crippen molar-refractivity contribution in [1.82, 2.24) is 0 Å². The molecule has 20 heavy (non-hydrogen) atoms. The second-order valence-corrected chi connectivity index (χ2v) is 4.18. The molecule has 0 bridgehead atoms. The van der Waals surface area contributed by atoms with E-state index in [1.807, 2.05) is 0 Å². The fourth-order valence-corrected chi connectivity index (χ4v) is 1.67. The summed E-state index contributed by atoms with van der Waals surface area (Å²) in [6.07, 6.45) is -2.16. The molecule has 0 amide bonds. The summed E-state index contributed by atoms with van der Waals surface area (Å²) in [6.45, 7) is 0.204. The molecule has 2 nitrogen and oxygen atoms in total. The van der Waals surface area contributed by atoms with Gasteiger partial charge in [0.25, 0.3) is 0 Å². The molecule has 0 atom stereocenters. The van der Waals surface area contributed by atoms with Gasteiger partial charge in [0.05, 0.1) is 12.2 Å². The summed E-state index contributed by atoms with van der Waals surface area (Å²) in [5.74, 6) is 5.30. The molecule has 0 saturated heterocycles. The van der Waals surface area contributed by atoms with Crippen LogP contribution in [0.4, 0.5) is 13.2 Å². The molecule has 0 heterocycles. The van der Waals surface area contributed by atoms with Gasteiger partial charge in [0, 0.05) is 13.0 Å². The number of unbranched alkanes of at least 4 members (excludes halogenated alkanes) is 2. The molecule has 0 saturated carbocycles. The largest absolute Gasteiger partial charge is 0.416 e. The number of hydrogen-bond acceptors (Lipinski definition) is 2. The van der Waals surface area contributed by atoms with E-state index in [0.29, 0.717) is 13.0 Å². The van der Waals surface area contributed by atoms with Gasteiger partial charge in [0.1, 0.15) is 6.61 Å². The SMILES string of the molecule is OCC#CCCCCOCc1ccccc1C(F)(F)F. The molecule has 1 aromatic rings. The number of alkyl halides is 3. The molecule has 0 unspecified atom stereocenters. The van der Waals surface area contributed by atoms with Crippen LogP contribution in [0.25, 0.3) is 0 Å². The maximum Gasteiger partial charge on any atom is 0.416 e. The minimum Gasteiger partial charge on any atom is -0.384 e. The number of rotatable bonds is 6. The number of ether oxygens (including phenoxy) is 1. The Morgan fingerprint density at radius 1 is 1.10 bits per heavy atom. The van der Waals surface area contributed by atoms with E-state index in [1.54, 1.807) is 6.07 Å². The Hall–Kier alpha value is -1.51. The first-order valence-electron chi connectivity index (χ1n) is 6.35. The smallest absolute Gasteiger partial charge is 0.384 e. The van der Waals surface area contributed by atoms with Crippen LogP contribution in [0.2, 0.25) is 0 Å². The molecule has 0 aliphatic rings. The molecule has 0 spiro atoms. The second kappa shape index (κ2) is 8.62. The highest BCUT2D eigenvalue weighted by molar-refractivity contribution is 5.28. The predicted octanol–water partition coefficient (Wildman–Crippen LogP) is 3.39. The van der Waals surface area contributed by atoms with Gasteiger partial charge in [-0.3, -0.25) is 0 Å². The van der Waals surface area contributed by atoms with E-state index in [4.69, 9.17) is 9.84 Å². The summed E-state index contributed by atoms with van der Waals surface area (Å²) in [5.41, 5.74) is -0.492. The molecular weight excluding hydrogens is 269 g/mol. The number of benzene rings is 1. The molecule has 0 aromatic heterocycles. The number of aliphatic hydroxyl groups excluding tert-OH is 1. The van der Waals surface area contributed by atoms with Crippen molar-refractivity contribution in [2.45, 2.75) is 32.0 Å². The summed E-state index contributed by atoms with van der Waals surface area (Å²) in [4.78, 5) is 0. The first-order chi connectivity index (χ1) is 9.55. The summed E-state index contributed by atoms with van der Waals surface area (Å²) in [6, 6.07) is 5.42. The highest BCUT2D eigenvalue weighted by atomic mass is 19.4. The van der Waals surface area contributed by atoms with Crippen LogP contribution in [0.3, 0.4) is 0 Å². The monoisotopic (exact) mass is 286 g/mol. The first-order valence-corrected chi connectivity index (χ1v) is 6.35. The normalized spacial score (nSPS) is 11.0. The number of aliphatic hydroxyl groups is 1. The van der Waals surface area contributed by atoms with Gasteiger partial charge in [-0.1, -0.05) is 24.1 Å². The Morgan fingerprint density at radius 2 is 1.85 bits per heavy atom. The van der Waals surface area contributed by atoms with Gasteiger partial charge < -0.3 is 9.84 Å². The van der Waals surface area contributed by atoms with Crippen molar-refractivity contribution in [2.75, 3.05) is 13.2 Å². The lowest BCUT2D eigenvalue weighted by atomic mass is 10.1. The summed E-state index contributed by atoms with van der Waals surface area (Å²) >= 11 is 0. The van der Waals surface area contributed by atoms with Gasteiger partial charge in [-0.2, -0.15) is 13.2 Å². The fourth-order valence-electron chi connectivity index (χ4n) is 1.67. The van der Waals surface area contributed by atoms with Crippen molar-refractivity contribution in [1.29, 1.82) is 0 Å². The average Bonchev–Trinajstić information content (AvgIpc) is 2.41. The molecular formula is C15H17F3O2. The van der Waals surface area contributed by atoms with E-state index in [-0.39, 0.29) is 18.8 Å². The van der Waals surface area contributed by atoms with Gasteiger partial charge in [-0.05, 0) is 24.5 Å². The molecule has 0 radical (unpaired) electrons. The van der Waals surface area contributed by atoms with Crippen molar-refractivity contribution < 1.29 is 23.0 Å². The first kappa shape index (κ1) is 16.5. The van der Waals surface area contributed by atoms with Crippen LogP contribution >= 0.6 is 0 Å². The topological polar surface area (TPSA) is 29.5 Å². The molecule has 0 fully saturated rings. The predicted molar refractivity (Wildman–Crippen MR) is 69.8 cm³/mol. The minimum atomic E-state index is -4.35. The lowest BCUT2D eigenvalue weighted by Crippen LogP contribution is -2.10. The van der Waals surface area contributed by atoms with E-state index < -0.39 is 11.7 Å². The second-order valence-electron chi connectivity index (χ2n) is 4.18. The van der Waals surface area contributed by atoms with Crippen LogP contribution in [-0.4, -0.2) is 18.3 Å². The zero-order chi connectivity index (χ0) is 14.8. The Labute approximate surface area is 116 Å². The summed E-state index contributed by atoms with van der Waals surface area (Å²) in [5, 5.41) is 8.43. The summed E-state index contributed by atoms with van der Waals surface area (Å²) < 4.78 is 43.4. The molecule has 1 aromatic carbocycles. The maximum atomic E-state index is 12.7. The van der Waals surface area contributed by atoms with Crippen LogP contribution < -0.4 is 0 Å². The third kappa shape index (κ3) is 6.09. The average molecular weight is 286 g/mol. The Bertz CT molecular complexity index is 458. The van der Waals surface area contributed by atoms with Crippen molar-refractivity contribution in [3.63, 3.8) is 0 Å². The molecule has 0 aliphatic heterocycles. The zero-order valence-corrected chi connectivity index (χ0v) is 11.0. The molecule has 0 aliphatic carbocycles. The van der Waals surface area contributed by atoms with Crippen LogP contribution in [0.5, 0.6) is 0 Å². The third-order valence-electron chi connectivity index (χ3n) is 2.62. The van der Waals surface area contributed by atoms with E-state index in [0.717, 1.165) is 18.9 Å². The fraction of sp³-hybridized carbons (Fsp3) is 0.467. The van der Waals surface area contributed by atoms with E-state index in [9.17, 15) is 13.2 Å². The van der Waals surface area contributed by atoms with Gasteiger partial charge in [-0.15, -0.1) is 5.92 Å². The zero-order valence-electron chi connectivity index (χ0n) is 11.0.